The summed E-state index contributed by atoms with van der Waals surface area (Å²) < 4.78 is 5.43. The SMILES string of the molecule is COc1ccccc1C(=O)N1C(C(=O)NC2CCSCC2)CC2CCCCC21. The van der Waals surface area contributed by atoms with Crippen molar-refractivity contribution in [2.75, 3.05) is 18.6 Å². The van der Waals surface area contributed by atoms with Gasteiger partial charge in [-0.1, -0.05) is 25.0 Å². The number of amides is 2. The highest BCUT2D eigenvalue weighted by molar-refractivity contribution is 7.99. The molecule has 5 nitrogen and oxygen atoms in total. The number of para-hydroxylation sites is 1. The first kappa shape index (κ1) is 19.6. The molecule has 2 amide bonds. The number of likely N-dealkylation sites (tertiary alicyclic amines) is 1. The molecule has 2 heterocycles. The molecule has 0 spiro atoms. The fourth-order valence-electron chi connectivity index (χ4n) is 5.09. The number of nitrogens with zero attached hydrogens (tertiary/aromatic N) is 1. The summed E-state index contributed by atoms with van der Waals surface area (Å²) in [6, 6.07) is 7.41. The minimum absolute atomic E-state index is 0.0366. The van der Waals surface area contributed by atoms with E-state index in [0.29, 0.717) is 17.2 Å². The van der Waals surface area contributed by atoms with Gasteiger partial charge in [-0.15, -0.1) is 0 Å². The zero-order valence-electron chi connectivity index (χ0n) is 16.6. The van der Waals surface area contributed by atoms with Crippen LogP contribution in [0, 0.1) is 5.92 Å². The maximum Gasteiger partial charge on any atom is 0.258 e. The fraction of sp³-hybridized carbons (Fsp3) is 0.636. The van der Waals surface area contributed by atoms with Crippen LogP contribution >= 0.6 is 11.8 Å². The molecule has 28 heavy (non-hydrogen) atoms. The molecular formula is C22H30N2O3S. The summed E-state index contributed by atoms with van der Waals surface area (Å²) in [7, 11) is 1.59. The Morgan fingerprint density at radius 1 is 1.11 bits per heavy atom. The van der Waals surface area contributed by atoms with Crippen LogP contribution in [0.4, 0.5) is 0 Å². The van der Waals surface area contributed by atoms with Crippen LogP contribution in [-0.4, -0.2) is 53.5 Å². The quantitative estimate of drug-likeness (QED) is 0.838. The first-order valence-corrected chi connectivity index (χ1v) is 11.7. The lowest BCUT2D eigenvalue weighted by atomic mass is 9.84. The number of thioether (sulfide) groups is 1. The van der Waals surface area contributed by atoms with Gasteiger partial charge >= 0.3 is 0 Å². The second-order valence-electron chi connectivity index (χ2n) is 8.17. The van der Waals surface area contributed by atoms with Gasteiger partial charge in [0.15, 0.2) is 0 Å². The molecule has 152 valence electrons. The fourth-order valence-corrected chi connectivity index (χ4v) is 6.19. The summed E-state index contributed by atoms with van der Waals surface area (Å²) in [5.74, 6) is 3.19. The first-order chi connectivity index (χ1) is 13.7. The number of hydrogen-bond acceptors (Lipinski definition) is 4. The number of carbonyl (C=O) groups excluding carboxylic acids is 2. The number of benzene rings is 1. The highest BCUT2D eigenvalue weighted by Gasteiger charge is 2.48. The molecule has 3 atom stereocenters. The first-order valence-electron chi connectivity index (χ1n) is 10.5. The molecule has 0 bridgehead atoms. The zero-order chi connectivity index (χ0) is 19.5. The third kappa shape index (κ3) is 3.88. The van der Waals surface area contributed by atoms with Crippen molar-refractivity contribution in [2.45, 2.75) is 63.1 Å². The van der Waals surface area contributed by atoms with Gasteiger partial charge in [-0.05, 0) is 61.7 Å². The van der Waals surface area contributed by atoms with Crippen molar-refractivity contribution in [3.05, 3.63) is 29.8 Å². The van der Waals surface area contributed by atoms with E-state index in [4.69, 9.17) is 4.74 Å². The monoisotopic (exact) mass is 402 g/mol. The Labute approximate surface area is 171 Å². The van der Waals surface area contributed by atoms with E-state index in [-0.39, 0.29) is 29.9 Å². The number of nitrogens with one attached hydrogen (secondary N) is 1. The number of rotatable bonds is 4. The number of methoxy groups -OCH3 is 1. The Kier molecular flexibility index (Phi) is 6.14. The molecule has 6 heteroatoms. The van der Waals surface area contributed by atoms with Crippen molar-refractivity contribution in [3.8, 4) is 5.75 Å². The van der Waals surface area contributed by atoms with Gasteiger partial charge in [-0.2, -0.15) is 11.8 Å². The smallest absolute Gasteiger partial charge is 0.258 e. The van der Waals surface area contributed by atoms with Gasteiger partial charge in [0.05, 0.1) is 12.7 Å². The Bertz CT molecular complexity index is 719. The second kappa shape index (κ2) is 8.76. The minimum Gasteiger partial charge on any atom is -0.496 e. The van der Waals surface area contributed by atoms with Crippen LogP contribution < -0.4 is 10.1 Å². The average Bonchev–Trinajstić information content (AvgIpc) is 3.13. The van der Waals surface area contributed by atoms with Gasteiger partial charge in [0.1, 0.15) is 11.8 Å². The lowest BCUT2D eigenvalue weighted by Crippen LogP contribution is -2.52. The normalized spacial score (nSPS) is 27.9. The standard InChI is InChI=1S/C22H30N2O3S/c1-27-20-9-5-3-7-17(20)22(26)24-18-8-4-2-6-15(18)14-19(24)21(25)23-16-10-12-28-13-11-16/h3,5,7,9,15-16,18-19H,2,4,6,8,10-14H2,1H3,(H,23,25). The van der Waals surface area contributed by atoms with Gasteiger partial charge in [0, 0.05) is 12.1 Å². The Balaban J connectivity index is 1.58. The maximum absolute atomic E-state index is 13.6. The topological polar surface area (TPSA) is 58.6 Å². The van der Waals surface area contributed by atoms with E-state index in [1.807, 2.05) is 40.9 Å². The summed E-state index contributed by atoms with van der Waals surface area (Å²) in [4.78, 5) is 28.7. The van der Waals surface area contributed by atoms with Gasteiger partial charge < -0.3 is 15.0 Å². The molecule has 2 aliphatic heterocycles. The van der Waals surface area contributed by atoms with Gasteiger partial charge in [0.2, 0.25) is 5.91 Å². The Morgan fingerprint density at radius 2 is 1.86 bits per heavy atom. The van der Waals surface area contributed by atoms with Crippen LogP contribution in [0.3, 0.4) is 0 Å². The molecule has 4 rings (SSSR count). The van der Waals surface area contributed by atoms with Gasteiger partial charge in [-0.25, -0.2) is 0 Å². The third-order valence-electron chi connectivity index (χ3n) is 6.53. The molecule has 1 saturated carbocycles. The van der Waals surface area contributed by atoms with E-state index in [9.17, 15) is 9.59 Å². The molecular weight excluding hydrogens is 372 g/mol. The molecule has 3 unspecified atom stereocenters. The summed E-state index contributed by atoms with van der Waals surface area (Å²) >= 11 is 1.95. The van der Waals surface area contributed by atoms with E-state index in [1.165, 1.54) is 6.42 Å². The van der Waals surface area contributed by atoms with Crippen molar-refractivity contribution in [1.29, 1.82) is 0 Å². The van der Waals surface area contributed by atoms with E-state index >= 15 is 0 Å². The van der Waals surface area contributed by atoms with Crippen LogP contribution in [0.2, 0.25) is 0 Å². The van der Waals surface area contributed by atoms with Crippen LogP contribution in [-0.2, 0) is 4.79 Å². The third-order valence-corrected chi connectivity index (χ3v) is 7.58. The number of hydrogen-bond donors (Lipinski definition) is 1. The summed E-state index contributed by atoms with van der Waals surface area (Å²) in [6.07, 6.45) is 7.28. The molecule has 3 aliphatic rings. The van der Waals surface area contributed by atoms with Crippen molar-refractivity contribution in [1.82, 2.24) is 10.2 Å². The van der Waals surface area contributed by atoms with Crippen molar-refractivity contribution in [2.24, 2.45) is 5.92 Å². The van der Waals surface area contributed by atoms with E-state index in [1.54, 1.807) is 7.11 Å². The highest BCUT2D eigenvalue weighted by Crippen LogP contribution is 2.41. The molecule has 1 aliphatic carbocycles. The molecule has 3 fully saturated rings. The van der Waals surface area contributed by atoms with E-state index in [2.05, 4.69) is 5.32 Å². The van der Waals surface area contributed by atoms with Gasteiger partial charge in [-0.3, -0.25) is 9.59 Å². The average molecular weight is 403 g/mol. The summed E-state index contributed by atoms with van der Waals surface area (Å²) in [5.41, 5.74) is 0.558. The Morgan fingerprint density at radius 3 is 2.64 bits per heavy atom. The number of ether oxygens (including phenoxy) is 1. The summed E-state index contributed by atoms with van der Waals surface area (Å²) in [6.45, 7) is 0. The molecule has 0 radical (unpaired) electrons. The summed E-state index contributed by atoms with van der Waals surface area (Å²) in [5, 5.41) is 3.26. The van der Waals surface area contributed by atoms with Crippen LogP contribution in [0.25, 0.3) is 0 Å². The maximum atomic E-state index is 13.6. The van der Waals surface area contributed by atoms with Crippen LogP contribution in [0.1, 0.15) is 55.3 Å². The van der Waals surface area contributed by atoms with Crippen molar-refractivity contribution in [3.63, 3.8) is 0 Å². The number of carbonyl (C=O) groups is 2. The predicted octanol–water partition coefficient (Wildman–Crippen LogP) is 3.48. The van der Waals surface area contributed by atoms with E-state index in [0.717, 1.165) is 50.0 Å². The number of fused-ring (bicyclic) bond motifs is 1. The molecule has 0 aromatic heterocycles. The van der Waals surface area contributed by atoms with Crippen molar-refractivity contribution >= 4 is 23.6 Å². The lowest BCUT2D eigenvalue weighted by molar-refractivity contribution is -0.126. The second-order valence-corrected chi connectivity index (χ2v) is 9.40. The van der Waals surface area contributed by atoms with Crippen LogP contribution in [0.5, 0.6) is 5.75 Å². The molecule has 1 N–H and O–H groups in total. The van der Waals surface area contributed by atoms with Crippen molar-refractivity contribution < 1.29 is 14.3 Å². The lowest BCUT2D eigenvalue weighted by Gasteiger charge is -2.34. The zero-order valence-corrected chi connectivity index (χ0v) is 17.4. The van der Waals surface area contributed by atoms with Gasteiger partial charge in [0.25, 0.3) is 5.91 Å². The minimum atomic E-state index is -0.361. The van der Waals surface area contributed by atoms with E-state index < -0.39 is 0 Å². The Hall–Kier alpha value is -1.69. The largest absolute Gasteiger partial charge is 0.496 e. The molecule has 1 aromatic rings. The highest BCUT2D eigenvalue weighted by atomic mass is 32.2. The molecule has 1 aromatic carbocycles. The molecule has 2 saturated heterocycles. The predicted molar refractivity (Wildman–Crippen MR) is 112 cm³/mol. The van der Waals surface area contributed by atoms with Crippen LogP contribution in [0.15, 0.2) is 24.3 Å².